The Bertz CT molecular complexity index is 793. The van der Waals surface area contributed by atoms with E-state index < -0.39 is 0 Å². The number of rotatable bonds is 5. The van der Waals surface area contributed by atoms with Crippen LogP contribution in [0.3, 0.4) is 0 Å². The number of hydrogen-bond acceptors (Lipinski definition) is 3. The van der Waals surface area contributed by atoms with Crippen molar-refractivity contribution in [2.24, 2.45) is 0 Å². The van der Waals surface area contributed by atoms with Crippen molar-refractivity contribution in [3.63, 3.8) is 0 Å². The maximum atomic E-state index is 12.2. The molecular weight excluding hydrogens is 394 g/mol. The molecule has 1 fully saturated rings. The second-order valence-electron chi connectivity index (χ2n) is 6.79. The van der Waals surface area contributed by atoms with Gasteiger partial charge < -0.3 is 5.32 Å². The third-order valence-corrected chi connectivity index (χ3v) is 5.31. The Morgan fingerprint density at radius 1 is 1.08 bits per heavy atom. The number of amides is 1. The summed E-state index contributed by atoms with van der Waals surface area (Å²) < 4.78 is 2.37. The number of nitrogens with one attached hydrogen (secondary N) is 1. The van der Waals surface area contributed by atoms with Crippen molar-refractivity contribution < 1.29 is 4.79 Å². The van der Waals surface area contributed by atoms with Crippen LogP contribution in [0.1, 0.15) is 44.9 Å². The van der Waals surface area contributed by atoms with Crippen LogP contribution in [0.25, 0.3) is 11.3 Å². The molecule has 5 nitrogen and oxygen atoms in total. The van der Waals surface area contributed by atoms with Gasteiger partial charge in [-0.25, -0.2) is 4.68 Å². The molecule has 1 aromatic heterocycles. The summed E-state index contributed by atoms with van der Waals surface area (Å²) in [5.74, 6) is -0.000329. The minimum Gasteiger partial charge on any atom is -0.353 e. The van der Waals surface area contributed by atoms with Crippen LogP contribution in [0.5, 0.6) is 0 Å². The predicted octanol–water partition coefficient (Wildman–Crippen LogP) is 3.90. The summed E-state index contributed by atoms with van der Waals surface area (Å²) in [6.07, 6.45) is 7.27. The van der Waals surface area contributed by atoms with Crippen LogP contribution in [-0.4, -0.2) is 21.7 Å². The zero-order chi connectivity index (χ0) is 18.4. The highest BCUT2D eigenvalue weighted by molar-refractivity contribution is 9.10. The number of carbonyl (C=O) groups is 1. The summed E-state index contributed by atoms with van der Waals surface area (Å²) in [5, 5.41) is 7.53. The molecule has 0 radical (unpaired) electrons. The second kappa shape index (κ2) is 9.12. The van der Waals surface area contributed by atoms with Crippen LogP contribution < -0.4 is 10.9 Å². The molecule has 1 heterocycles. The largest absolute Gasteiger partial charge is 0.353 e. The lowest BCUT2D eigenvalue weighted by Gasteiger charge is -2.16. The van der Waals surface area contributed by atoms with Gasteiger partial charge in [0.15, 0.2) is 0 Å². The molecule has 0 bridgehead atoms. The highest BCUT2D eigenvalue weighted by atomic mass is 79.9. The predicted molar refractivity (Wildman–Crippen MR) is 106 cm³/mol. The van der Waals surface area contributed by atoms with Crippen molar-refractivity contribution in [1.82, 2.24) is 15.1 Å². The molecule has 1 saturated carbocycles. The molecule has 1 aliphatic carbocycles. The quantitative estimate of drug-likeness (QED) is 0.750. The SMILES string of the molecule is O=C(CCn1nc(-c2ccc(Br)cc2)ccc1=O)NC1CCCCCC1. The molecule has 1 aliphatic rings. The average Bonchev–Trinajstić information content (AvgIpc) is 2.90. The molecule has 0 atom stereocenters. The first-order valence-corrected chi connectivity index (χ1v) is 10.0. The lowest BCUT2D eigenvalue weighted by atomic mass is 10.1. The van der Waals surface area contributed by atoms with Gasteiger partial charge >= 0.3 is 0 Å². The zero-order valence-corrected chi connectivity index (χ0v) is 16.4. The van der Waals surface area contributed by atoms with Crippen molar-refractivity contribution >= 4 is 21.8 Å². The van der Waals surface area contributed by atoms with Crippen LogP contribution in [0.15, 0.2) is 45.7 Å². The van der Waals surface area contributed by atoms with E-state index in [1.807, 2.05) is 24.3 Å². The fourth-order valence-corrected chi connectivity index (χ4v) is 3.58. The highest BCUT2D eigenvalue weighted by Gasteiger charge is 2.15. The third kappa shape index (κ3) is 5.27. The first kappa shape index (κ1) is 18.8. The molecule has 6 heteroatoms. The van der Waals surface area contributed by atoms with E-state index in [9.17, 15) is 9.59 Å². The van der Waals surface area contributed by atoms with Crippen LogP contribution in [0.4, 0.5) is 0 Å². The summed E-state index contributed by atoms with van der Waals surface area (Å²) in [6.45, 7) is 0.293. The summed E-state index contributed by atoms with van der Waals surface area (Å²) >= 11 is 3.41. The van der Waals surface area contributed by atoms with Gasteiger partial charge in [-0.15, -0.1) is 0 Å². The monoisotopic (exact) mass is 417 g/mol. The molecule has 1 amide bonds. The molecule has 0 spiro atoms. The number of hydrogen-bond donors (Lipinski definition) is 1. The van der Waals surface area contributed by atoms with Crippen molar-refractivity contribution in [3.8, 4) is 11.3 Å². The molecule has 1 N–H and O–H groups in total. The van der Waals surface area contributed by atoms with Crippen molar-refractivity contribution in [2.75, 3.05) is 0 Å². The molecule has 0 aliphatic heterocycles. The summed E-state index contributed by atoms with van der Waals surface area (Å²) in [4.78, 5) is 24.3. The van der Waals surface area contributed by atoms with Crippen molar-refractivity contribution in [1.29, 1.82) is 0 Å². The van der Waals surface area contributed by atoms with Crippen molar-refractivity contribution in [2.45, 2.75) is 57.5 Å². The van der Waals surface area contributed by atoms with Gasteiger partial charge in [-0.1, -0.05) is 53.7 Å². The molecule has 1 aromatic carbocycles. The molecule has 138 valence electrons. The van der Waals surface area contributed by atoms with E-state index in [0.29, 0.717) is 6.54 Å². The number of aryl methyl sites for hydroxylation is 1. The topological polar surface area (TPSA) is 64.0 Å². The normalized spacial score (nSPS) is 15.4. The standard InChI is InChI=1S/C20H24BrN3O2/c21-16-9-7-15(8-10-16)18-11-12-20(26)24(23-18)14-13-19(25)22-17-5-3-1-2-4-6-17/h7-12,17H,1-6,13-14H2,(H,22,25). The average molecular weight is 418 g/mol. The minimum absolute atomic E-state index is 0.000329. The van der Waals surface area contributed by atoms with Crippen LogP contribution in [0, 0.1) is 0 Å². The van der Waals surface area contributed by atoms with Crippen LogP contribution >= 0.6 is 15.9 Å². The van der Waals surface area contributed by atoms with Gasteiger partial charge in [0.25, 0.3) is 5.56 Å². The number of benzene rings is 1. The van der Waals surface area contributed by atoms with E-state index in [2.05, 4.69) is 26.3 Å². The van der Waals surface area contributed by atoms with Gasteiger partial charge in [-0.3, -0.25) is 9.59 Å². The molecule has 0 saturated heterocycles. The van der Waals surface area contributed by atoms with E-state index >= 15 is 0 Å². The molecular formula is C20H24BrN3O2. The Labute approximate surface area is 161 Å². The highest BCUT2D eigenvalue weighted by Crippen LogP contribution is 2.19. The molecule has 0 unspecified atom stereocenters. The number of aromatic nitrogens is 2. The Balaban J connectivity index is 1.62. The summed E-state index contributed by atoms with van der Waals surface area (Å²) in [6, 6.07) is 11.3. The Hall–Kier alpha value is -1.95. The maximum Gasteiger partial charge on any atom is 0.266 e. The summed E-state index contributed by atoms with van der Waals surface area (Å²) in [5.41, 5.74) is 1.47. The van der Waals surface area contributed by atoms with E-state index in [1.54, 1.807) is 6.07 Å². The minimum atomic E-state index is -0.187. The summed E-state index contributed by atoms with van der Waals surface area (Å²) in [7, 11) is 0. The van der Waals surface area contributed by atoms with E-state index in [-0.39, 0.29) is 23.9 Å². The van der Waals surface area contributed by atoms with Crippen LogP contribution in [0.2, 0.25) is 0 Å². The Morgan fingerprint density at radius 2 is 1.77 bits per heavy atom. The lowest BCUT2D eigenvalue weighted by molar-refractivity contribution is -0.122. The first-order chi connectivity index (χ1) is 12.6. The fraction of sp³-hybridized carbons (Fsp3) is 0.450. The maximum absolute atomic E-state index is 12.2. The molecule has 3 rings (SSSR count). The second-order valence-corrected chi connectivity index (χ2v) is 7.71. The first-order valence-electron chi connectivity index (χ1n) is 9.25. The van der Waals surface area contributed by atoms with Gasteiger partial charge in [-0.2, -0.15) is 5.10 Å². The van der Waals surface area contributed by atoms with Gasteiger partial charge in [0.1, 0.15) is 0 Å². The van der Waals surface area contributed by atoms with Gasteiger partial charge in [0.2, 0.25) is 5.91 Å². The number of carbonyl (C=O) groups excluding carboxylic acids is 1. The van der Waals surface area contributed by atoms with Gasteiger partial charge in [0, 0.05) is 28.6 Å². The number of nitrogens with zero attached hydrogens (tertiary/aromatic N) is 2. The Morgan fingerprint density at radius 3 is 2.46 bits per heavy atom. The van der Waals surface area contributed by atoms with Gasteiger partial charge in [0.05, 0.1) is 12.2 Å². The zero-order valence-electron chi connectivity index (χ0n) is 14.8. The fourth-order valence-electron chi connectivity index (χ4n) is 3.31. The van der Waals surface area contributed by atoms with Crippen molar-refractivity contribution in [3.05, 3.63) is 51.2 Å². The molecule has 2 aromatic rings. The van der Waals surface area contributed by atoms with E-state index in [4.69, 9.17) is 0 Å². The van der Waals surface area contributed by atoms with Gasteiger partial charge in [-0.05, 0) is 31.0 Å². The Kier molecular flexibility index (Phi) is 6.61. The molecule has 26 heavy (non-hydrogen) atoms. The smallest absolute Gasteiger partial charge is 0.266 e. The lowest BCUT2D eigenvalue weighted by Crippen LogP contribution is -2.35. The third-order valence-electron chi connectivity index (χ3n) is 4.78. The van der Waals surface area contributed by atoms with E-state index in [1.165, 1.54) is 36.4 Å². The van der Waals surface area contributed by atoms with Crippen LogP contribution in [-0.2, 0) is 11.3 Å². The number of halogens is 1. The van der Waals surface area contributed by atoms with E-state index in [0.717, 1.165) is 28.6 Å².